The Bertz CT molecular complexity index is 3280. The van der Waals surface area contributed by atoms with Crippen LogP contribution in [0.25, 0.3) is 40.3 Å². The van der Waals surface area contributed by atoms with Gasteiger partial charge in [-0.3, -0.25) is 9.59 Å². The molecule has 2 heterocycles. The molecule has 6 aromatic carbocycles. The van der Waals surface area contributed by atoms with Crippen LogP contribution in [0.2, 0.25) is 0 Å². The van der Waals surface area contributed by atoms with E-state index in [9.17, 15) is 39.6 Å². The van der Waals surface area contributed by atoms with E-state index in [4.69, 9.17) is 47.4 Å². The summed E-state index contributed by atoms with van der Waals surface area (Å²) in [4.78, 5) is 53.7. The first-order valence-corrected chi connectivity index (χ1v) is 29.5. The van der Waals surface area contributed by atoms with Crippen LogP contribution in [0.4, 0.5) is 11.4 Å². The fourth-order valence-electron chi connectivity index (χ4n) is 8.18. The summed E-state index contributed by atoms with van der Waals surface area (Å²) in [5.41, 5.74) is 2.67. The van der Waals surface area contributed by atoms with Gasteiger partial charge in [0.25, 0.3) is 0 Å². The second-order valence-electron chi connectivity index (χ2n) is 20.0. The number of aliphatic hydroxyl groups excluding tert-OH is 4. The average Bonchev–Trinajstić information content (AvgIpc) is 1.73. The van der Waals surface area contributed by atoms with Crippen molar-refractivity contribution >= 4 is 86.3 Å². The lowest BCUT2D eigenvalue weighted by atomic mass is 10.2. The molecule has 4 atom stereocenters. The first kappa shape index (κ1) is 66.4. The Hall–Kier alpha value is -7.16. The Kier molecular flexibility index (Phi) is 26.9. The molecule has 22 heteroatoms. The zero-order chi connectivity index (χ0) is 61.2. The minimum absolute atomic E-state index is 0.00256. The summed E-state index contributed by atoms with van der Waals surface area (Å²) in [6, 6.07) is 39.7. The summed E-state index contributed by atoms with van der Waals surface area (Å²) in [5, 5.41) is 42.9. The number of hydrogen-bond donors (Lipinski definition) is 4. The number of ether oxygens (including phenoxy) is 10. The molecular formula is C64H74N2O18S2. The Morgan fingerprint density at radius 1 is 0.384 bits per heavy atom. The van der Waals surface area contributed by atoms with Crippen LogP contribution >= 0.6 is 22.7 Å². The number of esters is 2. The molecule has 0 saturated heterocycles. The molecule has 0 radical (unpaired) electrons. The molecule has 0 aliphatic rings. The van der Waals surface area contributed by atoms with Crippen LogP contribution in [-0.4, -0.2) is 191 Å². The Morgan fingerprint density at radius 2 is 0.698 bits per heavy atom. The Labute approximate surface area is 506 Å². The van der Waals surface area contributed by atoms with E-state index in [2.05, 4.69) is 0 Å². The highest BCUT2D eigenvalue weighted by Gasteiger charge is 2.16. The van der Waals surface area contributed by atoms with Crippen LogP contribution in [0.15, 0.2) is 143 Å². The summed E-state index contributed by atoms with van der Waals surface area (Å²) in [5.74, 6) is -0.00410. The van der Waals surface area contributed by atoms with Crippen LogP contribution in [0.5, 0.6) is 11.5 Å². The van der Waals surface area contributed by atoms with Gasteiger partial charge in [0.15, 0.2) is 10.9 Å². The Morgan fingerprint density at radius 3 is 1.05 bits per heavy atom. The third-order valence-corrected chi connectivity index (χ3v) is 15.1. The van der Waals surface area contributed by atoms with Crippen molar-refractivity contribution in [1.29, 1.82) is 0 Å². The van der Waals surface area contributed by atoms with Gasteiger partial charge in [-0.05, 0) is 109 Å². The second kappa shape index (κ2) is 34.8. The van der Waals surface area contributed by atoms with Crippen LogP contribution in [0.1, 0.15) is 20.7 Å². The average molecular weight is 1220 g/mol. The van der Waals surface area contributed by atoms with Gasteiger partial charge in [0, 0.05) is 79.9 Å². The van der Waals surface area contributed by atoms with E-state index >= 15 is 0 Å². The SMILES string of the molecule is CN(C)c1ccc(C(=O)OCC(O)COCCOCCOCC(O)COC(=O)c2ccc(N(C)C)cc2)cc1.O=c1c2ccccc2sc2ccc(OCC(O)COCCOCCOCC(O)COc3ccc4sc5ccccc5c(=O)c4c3)cc12. The standard InChI is InChI=1S/C36H34O9S2.C28H40N2O9/c37-23(21-44-25-9-11-33-29(17-25)35(39)27-5-1-3-7-31(27)46-33)19-42-15-13-41-14-16-43-20-24(38)22-45-26-10-12-34-30(18-26)36(40)28-6-2-4-8-32(28)47-34;1-29(2)23-9-5-21(6-10-23)27(33)38-19-25(31)17-36-15-13-35-14-16-37-18-26(32)20-39-28(34)22-7-11-24(12-8-22)30(3)4/h1-12,17-18,23-24,37-38H,13-16,19-22H2;5-12,25-26,31-32H,13-20H2,1-4H3. The lowest BCUT2D eigenvalue weighted by Crippen LogP contribution is -2.25. The first-order chi connectivity index (χ1) is 41.6. The van der Waals surface area contributed by atoms with Crippen LogP contribution in [0, 0.1) is 0 Å². The third-order valence-electron chi connectivity index (χ3n) is 12.8. The minimum atomic E-state index is -0.952. The maximum absolute atomic E-state index is 12.9. The quantitative estimate of drug-likeness (QED) is 0.0180. The molecule has 0 aliphatic heterocycles. The zero-order valence-corrected chi connectivity index (χ0v) is 50.2. The number of rotatable bonds is 34. The van der Waals surface area contributed by atoms with Crippen LogP contribution in [-0.2, 0) is 37.9 Å². The fourth-order valence-corrected chi connectivity index (χ4v) is 10.3. The lowest BCUT2D eigenvalue weighted by molar-refractivity contribution is -0.0405. The summed E-state index contributed by atoms with van der Waals surface area (Å²) in [7, 11) is 7.63. The molecule has 0 amide bonds. The van der Waals surface area contributed by atoms with Crippen molar-refractivity contribution in [1.82, 2.24) is 0 Å². The van der Waals surface area contributed by atoms with Crippen molar-refractivity contribution < 1.29 is 77.4 Å². The molecule has 0 aliphatic carbocycles. The second-order valence-corrected chi connectivity index (χ2v) is 22.2. The van der Waals surface area contributed by atoms with Crippen molar-refractivity contribution in [2.24, 2.45) is 0 Å². The number of carbonyl (C=O) groups is 2. The number of aliphatic hydroxyl groups is 4. The number of carbonyl (C=O) groups excluding carboxylic acids is 2. The molecule has 4 unspecified atom stereocenters. The van der Waals surface area contributed by atoms with E-state index in [-0.39, 0.29) is 103 Å². The highest BCUT2D eigenvalue weighted by atomic mass is 32.1. The van der Waals surface area contributed by atoms with Crippen molar-refractivity contribution in [3.8, 4) is 11.5 Å². The Balaban J connectivity index is 0.000000251. The molecule has 8 aromatic rings. The lowest BCUT2D eigenvalue weighted by Gasteiger charge is -2.14. The molecule has 2 aromatic heterocycles. The van der Waals surface area contributed by atoms with E-state index in [1.165, 1.54) is 0 Å². The molecule has 8 rings (SSSR count). The monoisotopic (exact) mass is 1220 g/mol. The van der Waals surface area contributed by atoms with Gasteiger partial charge in [-0.1, -0.05) is 24.3 Å². The van der Waals surface area contributed by atoms with Gasteiger partial charge in [0.05, 0.1) is 90.4 Å². The molecular weight excluding hydrogens is 1150 g/mol. The number of benzene rings is 6. The summed E-state index contributed by atoms with van der Waals surface area (Å²) < 4.78 is 57.8. The summed E-state index contributed by atoms with van der Waals surface area (Å²) >= 11 is 3.11. The van der Waals surface area contributed by atoms with E-state index in [0.717, 1.165) is 30.2 Å². The van der Waals surface area contributed by atoms with E-state index in [1.807, 2.05) is 123 Å². The molecule has 20 nitrogen and oxygen atoms in total. The molecule has 0 fully saturated rings. The predicted molar refractivity (Wildman–Crippen MR) is 333 cm³/mol. The summed E-state index contributed by atoms with van der Waals surface area (Å²) in [6.07, 6.45) is -3.60. The minimum Gasteiger partial charge on any atom is -0.491 e. The third kappa shape index (κ3) is 21.1. The van der Waals surface area contributed by atoms with Gasteiger partial charge in [-0.25, -0.2) is 9.59 Å². The van der Waals surface area contributed by atoms with Gasteiger partial charge < -0.3 is 77.6 Å². The molecule has 86 heavy (non-hydrogen) atoms. The molecule has 0 spiro atoms. The fraction of sp³-hybridized carbons (Fsp3) is 0.375. The molecule has 0 bridgehead atoms. The highest BCUT2D eigenvalue weighted by Crippen LogP contribution is 2.29. The number of nitrogens with zero attached hydrogens (tertiary/aromatic N) is 2. The van der Waals surface area contributed by atoms with Crippen molar-refractivity contribution in [3.63, 3.8) is 0 Å². The van der Waals surface area contributed by atoms with Gasteiger partial charge in [0.1, 0.15) is 62.3 Å². The van der Waals surface area contributed by atoms with Crippen molar-refractivity contribution in [3.05, 3.63) is 165 Å². The van der Waals surface area contributed by atoms with E-state index in [1.54, 1.807) is 71.2 Å². The number of hydrogen-bond acceptors (Lipinski definition) is 22. The van der Waals surface area contributed by atoms with Crippen molar-refractivity contribution in [2.75, 3.05) is 144 Å². The first-order valence-electron chi connectivity index (χ1n) is 27.9. The smallest absolute Gasteiger partial charge is 0.338 e. The van der Waals surface area contributed by atoms with Gasteiger partial charge in [-0.15, -0.1) is 22.7 Å². The maximum atomic E-state index is 12.9. The molecule has 460 valence electrons. The van der Waals surface area contributed by atoms with Crippen LogP contribution < -0.4 is 30.1 Å². The van der Waals surface area contributed by atoms with Gasteiger partial charge in [0.2, 0.25) is 0 Å². The predicted octanol–water partition coefficient (Wildman–Crippen LogP) is 6.98. The van der Waals surface area contributed by atoms with Crippen LogP contribution in [0.3, 0.4) is 0 Å². The molecule has 4 N–H and O–H groups in total. The summed E-state index contributed by atoms with van der Waals surface area (Å²) in [6.45, 7) is 2.07. The zero-order valence-electron chi connectivity index (χ0n) is 48.5. The largest absolute Gasteiger partial charge is 0.491 e. The van der Waals surface area contributed by atoms with E-state index < -0.39 is 36.4 Å². The highest BCUT2D eigenvalue weighted by molar-refractivity contribution is 7.25. The van der Waals surface area contributed by atoms with Crippen molar-refractivity contribution in [2.45, 2.75) is 24.4 Å². The maximum Gasteiger partial charge on any atom is 0.338 e. The van der Waals surface area contributed by atoms with E-state index in [0.29, 0.717) is 57.4 Å². The number of anilines is 2. The topological polar surface area (TPSA) is 248 Å². The van der Waals surface area contributed by atoms with Gasteiger partial charge in [-0.2, -0.15) is 0 Å². The normalized spacial score (nSPS) is 12.7. The van der Waals surface area contributed by atoms with Gasteiger partial charge >= 0.3 is 11.9 Å². The molecule has 0 saturated carbocycles. The number of fused-ring (bicyclic) bond motifs is 4.